The zero-order chi connectivity index (χ0) is 12.3. The molecule has 86 valence electrons. The van der Waals surface area contributed by atoms with E-state index in [9.17, 15) is 18.4 Å². The number of rotatable bonds is 4. The fraction of sp³-hybridized carbons (Fsp3) is 0.273. The summed E-state index contributed by atoms with van der Waals surface area (Å²) in [4.78, 5) is 22.0. The lowest BCUT2D eigenvalue weighted by Crippen LogP contribution is -2.10. The van der Waals surface area contributed by atoms with Crippen LogP contribution in [0.2, 0.25) is 0 Å². The number of benzene rings is 1. The van der Waals surface area contributed by atoms with Crippen molar-refractivity contribution in [1.82, 2.24) is 0 Å². The monoisotopic (exact) mass is 246 g/mol. The average molecular weight is 247 g/mol. The highest BCUT2D eigenvalue weighted by atomic mass is 35.5. The Kier molecular flexibility index (Phi) is 4.12. The Hall–Kier alpha value is -1.29. The maximum atomic E-state index is 13.7. The van der Waals surface area contributed by atoms with Crippen molar-refractivity contribution in [3.63, 3.8) is 0 Å². The molecule has 0 amide bonds. The summed E-state index contributed by atoms with van der Waals surface area (Å²) in [6, 6.07) is 1.99. The quantitative estimate of drug-likeness (QED) is 0.604. The molecule has 0 bridgehead atoms. The number of hydrogen-bond acceptors (Lipinski definition) is 2. The largest absolute Gasteiger partial charge is 0.300 e. The first-order valence-corrected chi connectivity index (χ1v) is 5.06. The first kappa shape index (κ1) is 12.8. The second kappa shape index (κ2) is 5.16. The molecule has 0 aliphatic heterocycles. The summed E-state index contributed by atoms with van der Waals surface area (Å²) < 4.78 is 26.9. The lowest BCUT2D eigenvalue weighted by atomic mass is 10.0. The molecule has 0 aromatic heterocycles. The summed E-state index contributed by atoms with van der Waals surface area (Å²) in [5.74, 6) is -3.24. The van der Waals surface area contributed by atoms with Crippen molar-refractivity contribution in [2.75, 3.05) is 5.88 Å². The summed E-state index contributed by atoms with van der Waals surface area (Å²) in [5, 5.41) is 0. The van der Waals surface area contributed by atoms with E-state index >= 15 is 0 Å². The van der Waals surface area contributed by atoms with Gasteiger partial charge in [-0.3, -0.25) is 9.59 Å². The SMILES string of the molecule is CC(=O)Cc1c(F)ccc(C(=O)CCl)c1F. The lowest BCUT2D eigenvalue weighted by Gasteiger charge is -2.06. The van der Waals surface area contributed by atoms with Crippen LogP contribution >= 0.6 is 11.6 Å². The highest BCUT2D eigenvalue weighted by Gasteiger charge is 2.18. The third kappa shape index (κ3) is 2.64. The Morgan fingerprint density at radius 1 is 1.31 bits per heavy atom. The fourth-order valence-corrected chi connectivity index (χ4v) is 1.44. The first-order valence-electron chi connectivity index (χ1n) is 4.52. The van der Waals surface area contributed by atoms with Gasteiger partial charge in [0.25, 0.3) is 0 Å². The maximum absolute atomic E-state index is 13.7. The van der Waals surface area contributed by atoms with Crippen LogP contribution < -0.4 is 0 Å². The Morgan fingerprint density at radius 2 is 1.94 bits per heavy atom. The molecule has 0 spiro atoms. The highest BCUT2D eigenvalue weighted by molar-refractivity contribution is 6.30. The number of carbonyl (C=O) groups is 2. The van der Waals surface area contributed by atoms with Crippen LogP contribution in [0.5, 0.6) is 0 Å². The Labute approximate surface area is 96.2 Å². The lowest BCUT2D eigenvalue weighted by molar-refractivity contribution is -0.116. The topological polar surface area (TPSA) is 34.1 Å². The van der Waals surface area contributed by atoms with Gasteiger partial charge in [0.05, 0.1) is 11.4 Å². The predicted octanol–water partition coefficient (Wildman–Crippen LogP) is 2.52. The Balaban J connectivity index is 3.26. The van der Waals surface area contributed by atoms with Crippen LogP contribution in [0.4, 0.5) is 8.78 Å². The summed E-state index contributed by atoms with van der Waals surface area (Å²) >= 11 is 5.28. The molecule has 0 unspecified atom stereocenters. The molecule has 5 heteroatoms. The van der Waals surface area contributed by atoms with Crippen LogP contribution in [0.1, 0.15) is 22.8 Å². The van der Waals surface area contributed by atoms with E-state index in [4.69, 9.17) is 11.6 Å². The minimum atomic E-state index is -0.999. The number of hydrogen-bond donors (Lipinski definition) is 0. The van der Waals surface area contributed by atoms with Gasteiger partial charge in [-0.25, -0.2) is 8.78 Å². The normalized spacial score (nSPS) is 10.2. The van der Waals surface area contributed by atoms with Gasteiger partial charge >= 0.3 is 0 Å². The molecular weight excluding hydrogens is 238 g/mol. The van der Waals surface area contributed by atoms with E-state index in [1.54, 1.807) is 0 Å². The van der Waals surface area contributed by atoms with Crippen molar-refractivity contribution in [3.8, 4) is 0 Å². The van der Waals surface area contributed by atoms with Crippen molar-refractivity contribution >= 4 is 23.2 Å². The molecule has 0 heterocycles. The third-order valence-corrected chi connectivity index (χ3v) is 2.28. The molecule has 2 nitrogen and oxygen atoms in total. The minimum Gasteiger partial charge on any atom is -0.300 e. The van der Waals surface area contributed by atoms with Crippen LogP contribution in [0.25, 0.3) is 0 Å². The molecule has 0 aliphatic carbocycles. The van der Waals surface area contributed by atoms with Crippen LogP contribution in [0, 0.1) is 11.6 Å². The number of ketones is 2. The predicted molar refractivity (Wildman–Crippen MR) is 55.8 cm³/mol. The van der Waals surface area contributed by atoms with Gasteiger partial charge in [0, 0.05) is 12.0 Å². The molecule has 0 aliphatic rings. The van der Waals surface area contributed by atoms with E-state index in [2.05, 4.69) is 0 Å². The highest BCUT2D eigenvalue weighted by Crippen LogP contribution is 2.18. The molecule has 0 fully saturated rings. The molecule has 1 rings (SSSR count). The molecule has 1 aromatic rings. The van der Waals surface area contributed by atoms with Crippen molar-refractivity contribution in [1.29, 1.82) is 0 Å². The molecule has 1 aromatic carbocycles. The molecule has 0 saturated carbocycles. The fourth-order valence-electron chi connectivity index (χ4n) is 1.30. The van der Waals surface area contributed by atoms with E-state index < -0.39 is 17.4 Å². The van der Waals surface area contributed by atoms with Crippen LogP contribution in [0.3, 0.4) is 0 Å². The van der Waals surface area contributed by atoms with Gasteiger partial charge in [-0.05, 0) is 19.1 Å². The molecule has 16 heavy (non-hydrogen) atoms. The Bertz CT molecular complexity index is 444. The molecular formula is C11H9ClF2O2. The first-order chi connectivity index (χ1) is 7.47. The van der Waals surface area contributed by atoms with E-state index in [0.29, 0.717) is 0 Å². The van der Waals surface area contributed by atoms with Crippen molar-refractivity contribution in [2.45, 2.75) is 13.3 Å². The van der Waals surface area contributed by atoms with E-state index in [-0.39, 0.29) is 29.2 Å². The van der Waals surface area contributed by atoms with Crippen LogP contribution in [0.15, 0.2) is 12.1 Å². The van der Waals surface area contributed by atoms with E-state index in [1.807, 2.05) is 0 Å². The summed E-state index contributed by atoms with van der Waals surface area (Å²) in [5.41, 5.74) is -0.670. The maximum Gasteiger partial charge on any atom is 0.180 e. The molecule has 0 radical (unpaired) electrons. The number of alkyl halides is 1. The number of halogens is 3. The van der Waals surface area contributed by atoms with Gasteiger partial charge in [0.2, 0.25) is 0 Å². The summed E-state index contributed by atoms with van der Waals surface area (Å²) in [6.45, 7) is 1.22. The average Bonchev–Trinajstić information content (AvgIpc) is 2.23. The van der Waals surface area contributed by atoms with Gasteiger partial charge in [-0.2, -0.15) is 0 Å². The third-order valence-electron chi connectivity index (χ3n) is 2.03. The molecule has 0 N–H and O–H groups in total. The zero-order valence-corrected chi connectivity index (χ0v) is 9.28. The van der Waals surface area contributed by atoms with Gasteiger partial charge in [-0.15, -0.1) is 11.6 Å². The molecule has 0 saturated heterocycles. The van der Waals surface area contributed by atoms with Crippen LogP contribution in [-0.4, -0.2) is 17.4 Å². The van der Waals surface area contributed by atoms with Crippen LogP contribution in [-0.2, 0) is 11.2 Å². The van der Waals surface area contributed by atoms with Gasteiger partial charge in [0.1, 0.15) is 17.4 Å². The smallest absolute Gasteiger partial charge is 0.180 e. The second-order valence-electron chi connectivity index (χ2n) is 3.32. The van der Waals surface area contributed by atoms with Gasteiger partial charge < -0.3 is 0 Å². The number of Topliss-reactive ketones (excluding diaryl/α,β-unsaturated/α-hetero) is 2. The zero-order valence-electron chi connectivity index (χ0n) is 8.52. The standard InChI is InChI=1S/C11H9ClF2O2/c1-6(15)4-8-9(13)3-2-7(11(8)14)10(16)5-12/h2-3H,4-5H2,1H3. The van der Waals surface area contributed by atoms with Gasteiger partial charge in [0.15, 0.2) is 5.78 Å². The van der Waals surface area contributed by atoms with Gasteiger partial charge in [-0.1, -0.05) is 0 Å². The second-order valence-corrected chi connectivity index (χ2v) is 3.59. The van der Waals surface area contributed by atoms with Crippen molar-refractivity contribution in [3.05, 3.63) is 34.9 Å². The minimum absolute atomic E-state index is 0.285. The molecule has 0 atom stereocenters. The van der Waals surface area contributed by atoms with Crippen molar-refractivity contribution in [2.24, 2.45) is 0 Å². The number of carbonyl (C=O) groups excluding carboxylic acids is 2. The van der Waals surface area contributed by atoms with E-state index in [1.165, 1.54) is 6.92 Å². The summed E-state index contributed by atoms with van der Waals surface area (Å²) in [7, 11) is 0. The summed E-state index contributed by atoms with van der Waals surface area (Å²) in [6.07, 6.45) is -0.374. The van der Waals surface area contributed by atoms with Crippen molar-refractivity contribution < 1.29 is 18.4 Å². The Morgan fingerprint density at radius 3 is 2.44 bits per heavy atom. The van der Waals surface area contributed by atoms with E-state index in [0.717, 1.165) is 12.1 Å².